The van der Waals surface area contributed by atoms with Crippen molar-refractivity contribution in [1.82, 2.24) is 0 Å². The summed E-state index contributed by atoms with van der Waals surface area (Å²) >= 11 is 0. The molecular weight excluding hydrogens is 309 g/mol. The molecule has 4 nitrogen and oxygen atoms in total. The van der Waals surface area contributed by atoms with Gasteiger partial charge >= 0.3 is 0 Å². The van der Waals surface area contributed by atoms with Crippen molar-refractivity contribution in [3.8, 4) is 5.75 Å². The Hall–Kier alpha value is -2.40. The van der Waals surface area contributed by atoms with Gasteiger partial charge in [-0.25, -0.2) is 4.39 Å². The molecule has 5 heteroatoms. The Labute approximate surface area is 141 Å². The lowest BCUT2D eigenvalue weighted by Gasteiger charge is -2.23. The van der Waals surface area contributed by atoms with Gasteiger partial charge in [-0.1, -0.05) is 30.3 Å². The number of carbonyl (C=O) groups excluding carboxylic acids is 1. The molecule has 0 radical (unpaired) electrons. The van der Waals surface area contributed by atoms with E-state index < -0.39 is 17.3 Å². The number of benzene rings is 2. The molecule has 1 unspecified atom stereocenters. The summed E-state index contributed by atoms with van der Waals surface area (Å²) in [5.74, 6) is -0.515. The topological polar surface area (TPSA) is 58.6 Å². The van der Waals surface area contributed by atoms with Gasteiger partial charge in [0.1, 0.15) is 11.6 Å². The second kappa shape index (κ2) is 7.45. The summed E-state index contributed by atoms with van der Waals surface area (Å²) in [7, 11) is 0. The number of halogens is 1. The standard InChI is InChI=1S/C19H22FNO3/c1-13(2)24-17-10-9-15(20)11-16(17)21-18(22)12-19(3,23)14-7-5-4-6-8-14/h4-11,13,23H,12H2,1-3H3,(H,21,22). The van der Waals surface area contributed by atoms with E-state index in [1.54, 1.807) is 31.2 Å². The molecule has 0 saturated heterocycles. The van der Waals surface area contributed by atoms with Crippen molar-refractivity contribution in [3.05, 3.63) is 59.9 Å². The minimum Gasteiger partial charge on any atom is -0.489 e. The third kappa shape index (κ3) is 4.80. The Morgan fingerprint density at radius 3 is 2.54 bits per heavy atom. The first kappa shape index (κ1) is 17.9. The summed E-state index contributed by atoms with van der Waals surface area (Å²) in [4.78, 5) is 12.3. The van der Waals surface area contributed by atoms with E-state index in [4.69, 9.17) is 4.74 Å². The molecule has 0 bridgehead atoms. The number of anilines is 1. The van der Waals surface area contributed by atoms with Crippen molar-refractivity contribution in [3.63, 3.8) is 0 Å². The summed E-state index contributed by atoms with van der Waals surface area (Å²) in [6, 6.07) is 12.9. The zero-order valence-corrected chi connectivity index (χ0v) is 14.0. The predicted molar refractivity (Wildman–Crippen MR) is 91.4 cm³/mol. The fraction of sp³-hybridized carbons (Fsp3) is 0.316. The van der Waals surface area contributed by atoms with Gasteiger partial charge in [0.25, 0.3) is 0 Å². The van der Waals surface area contributed by atoms with Crippen LogP contribution in [0.3, 0.4) is 0 Å². The van der Waals surface area contributed by atoms with E-state index in [1.165, 1.54) is 18.2 Å². The van der Waals surface area contributed by atoms with Crippen molar-refractivity contribution in [2.24, 2.45) is 0 Å². The Kier molecular flexibility index (Phi) is 5.57. The van der Waals surface area contributed by atoms with Crippen molar-refractivity contribution in [2.75, 3.05) is 5.32 Å². The maximum atomic E-state index is 13.5. The number of amides is 1. The number of carbonyl (C=O) groups is 1. The zero-order chi connectivity index (χ0) is 17.7. The van der Waals surface area contributed by atoms with E-state index in [-0.39, 0.29) is 18.2 Å². The second-order valence-corrected chi connectivity index (χ2v) is 6.17. The number of hydrogen-bond donors (Lipinski definition) is 2. The van der Waals surface area contributed by atoms with E-state index in [9.17, 15) is 14.3 Å². The van der Waals surface area contributed by atoms with Gasteiger partial charge in [-0.05, 0) is 38.5 Å². The largest absolute Gasteiger partial charge is 0.489 e. The highest BCUT2D eigenvalue weighted by Gasteiger charge is 2.27. The molecule has 24 heavy (non-hydrogen) atoms. The summed E-state index contributed by atoms with van der Waals surface area (Å²) < 4.78 is 19.1. The Morgan fingerprint density at radius 2 is 1.92 bits per heavy atom. The van der Waals surface area contributed by atoms with Crippen LogP contribution in [0, 0.1) is 5.82 Å². The van der Waals surface area contributed by atoms with E-state index in [1.807, 2.05) is 19.9 Å². The minimum atomic E-state index is -1.32. The van der Waals surface area contributed by atoms with Gasteiger partial charge in [-0.3, -0.25) is 4.79 Å². The van der Waals surface area contributed by atoms with Crippen molar-refractivity contribution in [1.29, 1.82) is 0 Å². The summed E-state index contributed by atoms with van der Waals surface area (Å²) in [6.07, 6.45) is -0.271. The maximum absolute atomic E-state index is 13.5. The van der Waals surface area contributed by atoms with Crippen LogP contribution in [0.15, 0.2) is 48.5 Å². The molecule has 0 aromatic heterocycles. The molecule has 0 aliphatic heterocycles. The van der Waals surface area contributed by atoms with E-state index in [0.717, 1.165) is 0 Å². The van der Waals surface area contributed by atoms with Crippen LogP contribution < -0.4 is 10.1 Å². The van der Waals surface area contributed by atoms with Crippen LogP contribution in [0.25, 0.3) is 0 Å². The van der Waals surface area contributed by atoms with Crippen LogP contribution >= 0.6 is 0 Å². The van der Waals surface area contributed by atoms with Crippen LogP contribution in [0.1, 0.15) is 32.8 Å². The fourth-order valence-electron chi connectivity index (χ4n) is 2.36. The Balaban J connectivity index is 2.13. The van der Waals surface area contributed by atoms with Gasteiger partial charge in [0, 0.05) is 6.07 Å². The monoisotopic (exact) mass is 331 g/mol. The molecule has 2 N–H and O–H groups in total. The molecule has 2 aromatic carbocycles. The Bertz CT molecular complexity index is 699. The average molecular weight is 331 g/mol. The highest BCUT2D eigenvalue weighted by Crippen LogP contribution is 2.29. The lowest BCUT2D eigenvalue weighted by Crippen LogP contribution is -2.28. The molecule has 0 fully saturated rings. The highest BCUT2D eigenvalue weighted by atomic mass is 19.1. The van der Waals surface area contributed by atoms with Gasteiger partial charge in [0.15, 0.2) is 0 Å². The molecule has 0 heterocycles. The van der Waals surface area contributed by atoms with Crippen molar-refractivity contribution < 1.29 is 19.0 Å². The molecule has 0 aliphatic rings. The summed E-state index contributed by atoms with van der Waals surface area (Å²) in [5.41, 5.74) is -0.437. The lowest BCUT2D eigenvalue weighted by atomic mass is 9.92. The first-order valence-corrected chi connectivity index (χ1v) is 7.82. The SMILES string of the molecule is CC(C)Oc1ccc(F)cc1NC(=O)CC(C)(O)c1ccccc1. The molecule has 0 aliphatic carbocycles. The molecule has 128 valence electrons. The van der Waals surface area contributed by atoms with Gasteiger partial charge in [0.05, 0.1) is 23.8 Å². The third-order valence-corrected chi connectivity index (χ3v) is 3.48. The number of ether oxygens (including phenoxy) is 1. The molecule has 2 aromatic rings. The Morgan fingerprint density at radius 1 is 1.25 bits per heavy atom. The third-order valence-electron chi connectivity index (χ3n) is 3.48. The summed E-state index contributed by atoms with van der Waals surface area (Å²) in [6.45, 7) is 5.25. The molecule has 1 atom stereocenters. The van der Waals surface area contributed by atoms with Crippen LogP contribution in [0.5, 0.6) is 5.75 Å². The fourth-order valence-corrected chi connectivity index (χ4v) is 2.36. The normalized spacial score (nSPS) is 13.4. The zero-order valence-electron chi connectivity index (χ0n) is 14.0. The van der Waals surface area contributed by atoms with Gasteiger partial charge in [-0.15, -0.1) is 0 Å². The van der Waals surface area contributed by atoms with Crippen LogP contribution in [0.4, 0.5) is 10.1 Å². The first-order valence-electron chi connectivity index (χ1n) is 7.82. The molecule has 1 amide bonds. The molecular formula is C19H22FNO3. The van der Waals surface area contributed by atoms with Crippen molar-refractivity contribution >= 4 is 11.6 Å². The van der Waals surface area contributed by atoms with E-state index in [2.05, 4.69) is 5.32 Å². The molecule has 0 saturated carbocycles. The lowest BCUT2D eigenvalue weighted by molar-refractivity contribution is -0.120. The number of aliphatic hydroxyl groups is 1. The smallest absolute Gasteiger partial charge is 0.227 e. The summed E-state index contributed by atoms with van der Waals surface area (Å²) in [5, 5.41) is 13.2. The van der Waals surface area contributed by atoms with Crippen molar-refractivity contribution in [2.45, 2.75) is 38.9 Å². The molecule has 2 rings (SSSR count). The van der Waals surface area contributed by atoms with Gasteiger partial charge < -0.3 is 15.2 Å². The van der Waals surface area contributed by atoms with Crippen LogP contribution in [-0.2, 0) is 10.4 Å². The van der Waals surface area contributed by atoms with Gasteiger partial charge in [0.2, 0.25) is 5.91 Å². The second-order valence-electron chi connectivity index (χ2n) is 6.17. The predicted octanol–water partition coefficient (Wildman–Crippen LogP) is 3.85. The maximum Gasteiger partial charge on any atom is 0.227 e. The number of rotatable bonds is 6. The quantitative estimate of drug-likeness (QED) is 0.845. The van der Waals surface area contributed by atoms with E-state index >= 15 is 0 Å². The van der Waals surface area contributed by atoms with Crippen LogP contribution in [0.2, 0.25) is 0 Å². The van der Waals surface area contributed by atoms with Crippen LogP contribution in [-0.4, -0.2) is 17.1 Å². The number of nitrogens with one attached hydrogen (secondary N) is 1. The molecule has 0 spiro atoms. The first-order chi connectivity index (χ1) is 11.3. The highest BCUT2D eigenvalue weighted by molar-refractivity contribution is 5.93. The van der Waals surface area contributed by atoms with Gasteiger partial charge in [-0.2, -0.15) is 0 Å². The number of hydrogen-bond acceptors (Lipinski definition) is 3. The van der Waals surface area contributed by atoms with E-state index in [0.29, 0.717) is 11.3 Å². The minimum absolute atomic E-state index is 0.112. The average Bonchev–Trinajstić information content (AvgIpc) is 2.50.